The zero-order valence-electron chi connectivity index (χ0n) is 14.9. The molecule has 3 aromatic rings. The third-order valence-electron chi connectivity index (χ3n) is 5.00. The van der Waals surface area contributed by atoms with Crippen molar-refractivity contribution < 1.29 is 14.3 Å². The van der Waals surface area contributed by atoms with E-state index in [0.29, 0.717) is 22.9 Å². The summed E-state index contributed by atoms with van der Waals surface area (Å²) in [6, 6.07) is 20.9. The number of nitrogens with zero attached hydrogens (tertiary/aromatic N) is 1. The SMILES string of the molecule is O=C1c2ccccc2NC(c2ccc(Cl)cc2)N1Cc1ccc2c(c1)OCO2. The molecule has 1 unspecified atom stereocenters. The maximum atomic E-state index is 13.3. The summed E-state index contributed by atoms with van der Waals surface area (Å²) in [5.74, 6) is 1.41. The van der Waals surface area contributed by atoms with E-state index >= 15 is 0 Å². The van der Waals surface area contributed by atoms with Gasteiger partial charge in [-0.15, -0.1) is 0 Å². The van der Waals surface area contributed by atoms with Gasteiger partial charge in [0.1, 0.15) is 6.17 Å². The molecule has 1 amide bonds. The van der Waals surface area contributed by atoms with Gasteiger partial charge in [0, 0.05) is 17.3 Å². The highest BCUT2D eigenvalue weighted by molar-refractivity contribution is 6.30. The molecule has 2 aliphatic rings. The molecular weight excluding hydrogens is 376 g/mol. The van der Waals surface area contributed by atoms with Crippen molar-refractivity contribution in [3.05, 3.63) is 88.4 Å². The molecular formula is C22H17ClN2O3. The van der Waals surface area contributed by atoms with Gasteiger partial charge in [-0.25, -0.2) is 0 Å². The predicted octanol–water partition coefficient (Wildman–Crippen LogP) is 4.84. The maximum Gasteiger partial charge on any atom is 0.258 e. The number of carbonyl (C=O) groups is 1. The Morgan fingerprint density at radius 1 is 1.00 bits per heavy atom. The lowest BCUT2D eigenvalue weighted by Gasteiger charge is -2.38. The standard InChI is InChI=1S/C22H17ClN2O3/c23-16-8-6-15(7-9-16)21-24-18-4-2-1-3-17(18)22(26)25(21)12-14-5-10-19-20(11-14)28-13-27-19/h1-11,21,24H,12-13H2. The molecule has 28 heavy (non-hydrogen) atoms. The van der Waals surface area contributed by atoms with Crippen molar-refractivity contribution in [3.8, 4) is 11.5 Å². The highest BCUT2D eigenvalue weighted by Crippen LogP contribution is 2.37. The molecule has 0 aliphatic carbocycles. The van der Waals surface area contributed by atoms with Gasteiger partial charge in [0.2, 0.25) is 6.79 Å². The first kappa shape index (κ1) is 17.0. The molecule has 2 aliphatic heterocycles. The zero-order valence-corrected chi connectivity index (χ0v) is 15.6. The molecule has 0 spiro atoms. The average molecular weight is 393 g/mol. The van der Waals surface area contributed by atoms with Crippen LogP contribution in [0, 0.1) is 0 Å². The van der Waals surface area contributed by atoms with Crippen LogP contribution in [0.3, 0.4) is 0 Å². The molecule has 5 nitrogen and oxygen atoms in total. The number of ether oxygens (including phenoxy) is 2. The first-order valence-corrected chi connectivity index (χ1v) is 9.37. The first-order chi connectivity index (χ1) is 13.7. The van der Waals surface area contributed by atoms with Crippen molar-refractivity contribution in [2.45, 2.75) is 12.7 Å². The number of anilines is 1. The Labute approximate surface area is 167 Å². The summed E-state index contributed by atoms with van der Waals surface area (Å²) in [4.78, 5) is 15.1. The van der Waals surface area contributed by atoms with E-state index in [0.717, 1.165) is 22.6 Å². The van der Waals surface area contributed by atoms with Crippen LogP contribution >= 0.6 is 11.6 Å². The van der Waals surface area contributed by atoms with Crippen molar-refractivity contribution in [1.82, 2.24) is 4.90 Å². The molecule has 0 radical (unpaired) electrons. The van der Waals surface area contributed by atoms with Gasteiger partial charge in [0.15, 0.2) is 11.5 Å². The van der Waals surface area contributed by atoms with E-state index in [1.54, 1.807) is 0 Å². The number of rotatable bonds is 3. The summed E-state index contributed by atoms with van der Waals surface area (Å²) in [6.45, 7) is 0.661. The van der Waals surface area contributed by atoms with Gasteiger partial charge in [-0.3, -0.25) is 4.79 Å². The molecule has 1 N–H and O–H groups in total. The number of halogens is 1. The van der Waals surface area contributed by atoms with Gasteiger partial charge >= 0.3 is 0 Å². The lowest BCUT2D eigenvalue weighted by atomic mass is 10.0. The van der Waals surface area contributed by atoms with Gasteiger partial charge in [0.25, 0.3) is 5.91 Å². The topological polar surface area (TPSA) is 50.8 Å². The molecule has 5 rings (SSSR count). The van der Waals surface area contributed by atoms with E-state index in [9.17, 15) is 4.79 Å². The van der Waals surface area contributed by atoms with Crippen molar-refractivity contribution in [2.24, 2.45) is 0 Å². The van der Waals surface area contributed by atoms with Gasteiger partial charge in [-0.2, -0.15) is 0 Å². The number of fused-ring (bicyclic) bond motifs is 2. The Morgan fingerprint density at radius 3 is 2.64 bits per heavy atom. The second kappa shape index (κ2) is 6.77. The van der Waals surface area contributed by atoms with Crippen LogP contribution in [0.15, 0.2) is 66.7 Å². The third-order valence-corrected chi connectivity index (χ3v) is 5.25. The minimum atomic E-state index is -0.301. The van der Waals surface area contributed by atoms with Crippen LogP contribution < -0.4 is 14.8 Å². The summed E-state index contributed by atoms with van der Waals surface area (Å²) in [6.07, 6.45) is -0.301. The van der Waals surface area contributed by atoms with E-state index in [4.69, 9.17) is 21.1 Å². The third kappa shape index (κ3) is 2.94. The molecule has 140 valence electrons. The minimum Gasteiger partial charge on any atom is -0.454 e. The second-order valence-electron chi connectivity index (χ2n) is 6.76. The average Bonchev–Trinajstić information content (AvgIpc) is 3.18. The van der Waals surface area contributed by atoms with Gasteiger partial charge < -0.3 is 19.7 Å². The van der Waals surface area contributed by atoms with Crippen molar-refractivity contribution >= 4 is 23.2 Å². The monoisotopic (exact) mass is 392 g/mol. The maximum absolute atomic E-state index is 13.3. The summed E-state index contributed by atoms with van der Waals surface area (Å²) in [5, 5.41) is 4.15. The van der Waals surface area contributed by atoms with Crippen molar-refractivity contribution in [2.75, 3.05) is 12.1 Å². The number of amides is 1. The Balaban J connectivity index is 1.53. The molecule has 0 saturated carbocycles. The van der Waals surface area contributed by atoms with E-state index in [2.05, 4.69) is 5.32 Å². The Morgan fingerprint density at radius 2 is 1.79 bits per heavy atom. The summed E-state index contributed by atoms with van der Waals surface area (Å²) in [7, 11) is 0. The van der Waals surface area contributed by atoms with E-state index < -0.39 is 0 Å². The van der Waals surface area contributed by atoms with E-state index in [1.807, 2.05) is 71.6 Å². The zero-order chi connectivity index (χ0) is 19.1. The smallest absolute Gasteiger partial charge is 0.258 e. The van der Waals surface area contributed by atoms with E-state index in [1.165, 1.54) is 0 Å². The van der Waals surface area contributed by atoms with Crippen LogP contribution in [-0.4, -0.2) is 17.6 Å². The summed E-state index contributed by atoms with van der Waals surface area (Å²) < 4.78 is 10.9. The predicted molar refractivity (Wildman–Crippen MR) is 107 cm³/mol. The molecule has 1 atom stereocenters. The molecule has 0 saturated heterocycles. The number of carbonyl (C=O) groups excluding carboxylic acids is 1. The second-order valence-corrected chi connectivity index (χ2v) is 7.20. The van der Waals surface area contributed by atoms with Crippen molar-refractivity contribution in [1.29, 1.82) is 0 Å². The number of benzene rings is 3. The molecule has 0 fully saturated rings. The van der Waals surface area contributed by atoms with Gasteiger partial charge in [-0.05, 0) is 47.5 Å². The van der Waals surface area contributed by atoms with Crippen LogP contribution in [0.25, 0.3) is 0 Å². The lowest BCUT2D eigenvalue weighted by molar-refractivity contribution is 0.0666. The van der Waals surface area contributed by atoms with Crippen LogP contribution in [-0.2, 0) is 6.54 Å². The molecule has 6 heteroatoms. The fourth-order valence-corrected chi connectivity index (χ4v) is 3.73. The normalized spacial score (nSPS) is 17.2. The first-order valence-electron chi connectivity index (χ1n) is 8.99. The number of nitrogens with one attached hydrogen (secondary N) is 1. The summed E-state index contributed by atoms with van der Waals surface area (Å²) in [5.41, 5.74) is 3.42. The number of hydrogen-bond donors (Lipinski definition) is 1. The molecule has 0 aromatic heterocycles. The lowest BCUT2D eigenvalue weighted by Crippen LogP contribution is -2.42. The number of para-hydroxylation sites is 1. The van der Waals surface area contributed by atoms with Crippen LogP contribution in [0.4, 0.5) is 5.69 Å². The highest BCUT2D eigenvalue weighted by atomic mass is 35.5. The Hall–Kier alpha value is -3.18. The number of hydrogen-bond acceptors (Lipinski definition) is 4. The van der Waals surface area contributed by atoms with Crippen LogP contribution in [0.2, 0.25) is 5.02 Å². The fourth-order valence-electron chi connectivity index (χ4n) is 3.60. The van der Waals surface area contributed by atoms with E-state index in [-0.39, 0.29) is 18.9 Å². The largest absolute Gasteiger partial charge is 0.454 e. The quantitative estimate of drug-likeness (QED) is 0.693. The van der Waals surface area contributed by atoms with Crippen LogP contribution in [0.1, 0.15) is 27.7 Å². The molecule has 0 bridgehead atoms. The fraction of sp³-hybridized carbons (Fsp3) is 0.136. The van der Waals surface area contributed by atoms with Crippen LogP contribution in [0.5, 0.6) is 11.5 Å². The highest BCUT2D eigenvalue weighted by Gasteiger charge is 2.33. The van der Waals surface area contributed by atoms with Crippen molar-refractivity contribution in [3.63, 3.8) is 0 Å². The molecule has 3 aromatic carbocycles. The Bertz CT molecular complexity index is 1050. The molecule has 2 heterocycles. The van der Waals surface area contributed by atoms with Gasteiger partial charge in [0.05, 0.1) is 5.56 Å². The van der Waals surface area contributed by atoms with Gasteiger partial charge in [-0.1, -0.05) is 41.9 Å². The Kier molecular flexibility index (Phi) is 4.10. The minimum absolute atomic E-state index is 0.0213. The summed E-state index contributed by atoms with van der Waals surface area (Å²) >= 11 is 6.05.